The summed E-state index contributed by atoms with van der Waals surface area (Å²) in [4.78, 5) is 16.1. The molecule has 19 heavy (non-hydrogen) atoms. The van der Waals surface area contributed by atoms with Crippen LogP contribution in [0.15, 0.2) is 18.2 Å². The number of amides is 1. The van der Waals surface area contributed by atoms with Crippen molar-refractivity contribution in [1.82, 2.24) is 14.9 Å². The molecular weight excluding hydrogens is 266 g/mol. The highest BCUT2D eigenvalue weighted by atomic mass is 35.5. The summed E-state index contributed by atoms with van der Waals surface area (Å²) in [5.41, 5.74) is 1.56. The van der Waals surface area contributed by atoms with E-state index in [9.17, 15) is 4.79 Å². The van der Waals surface area contributed by atoms with Crippen molar-refractivity contribution in [2.75, 3.05) is 14.2 Å². The van der Waals surface area contributed by atoms with Crippen molar-refractivity contribution >= 4 is 28.5 Å². The minimum Gasteiger partial charge on any atom is -0.494 e. The molecule has 0 aliphatic carbocycles. The Balaban J connectivity index is 2.64. The Morgan fingerprint density at radius 1 is 1.58 bits per heavy atom. The average Bonchev–Trinajstić information content (AvgIpc) is 2.77. The molecule has 1 heterocycles. The number of para-hydroxylation sites is 1. The van der Waals surface area contributed by atoms with E-state index in [1.165, 1.54) is 0 Å². The standard InChI is InChI=1S/C13H16ClN3O2/c1-8(14)13-16-12-9(5-4-6-10(12)19-3)17(13)7-11(18)15-2/h4-6,8H,7H2,1-3H3,(H,15,18). The predicted octanol–water partition coefficient (Wildman–Crippen LogP) is 2.09. The molecule has 0 spiro atoms. The molecule has 1 atom stereocenters. The van der Waals surface area contributed by atoms with Gasteiger partial charge in [-0.25, -0.2) is 4.98 Å². The molecule has 0 aliphatic rings. The molecule has 1 unspecified atom stereocenters. The van der Waals surface area contributed by atoms with Crippen LogP contribution in [0, 0.1) is 0 Å². The monoisotopic (exact) mass is 281 g/mol. The van der Waals surface area contributed by atoms with Gasteiger partial charge < -0.3 is 14.6 Å². The predicted molar refractivity (Wildman–Crippen MR) is 74.6 cm³/mol. The highest BCUT2D eigenvalue weighted by molar-refractivity contribution is 6.20. The summed E-state index contributed by atoms with van der Waals surface area (Å²) in [6.45, 7) is 2.02. The zero-order valence-corrected chi connectivity index (χ0v) is 11.9. The highest BCUT2D eigenvalue weighted by Crippen LogP contribution is 2.29. The van der Waals surface area contributed by atoms with Crippen molar-refractivity contribution in [1.29, 1.82) is 0 Å². The molecule has 0 saturated carbocycles. The number of nitrogens with one attached hydrogen (secondary N) is 1. The van der Waals surface area contributed by atoms with E-state index in [-0.39, 0.29) is 17.8 Å². The van der Waals surface area contributed by atoms with Gasteiger partial charge in [-0.2, -0.15) is 0 Å². The number of hydrogen-bond donors (Lipinski definition) is 1. The average molecular weight is 282 g/mol. The second-order valence-corrected chi connectivity index (χ2v) is 4.83. The van der Waals surface area contributed by atoms with Gasteiger partial charge in [0.15, 0.2) is 0 Å². The molecule has 0 saturated heterocycles. The van der Waals surface area contributed by atoms with E-state index in [4.69, 9.17) is 16.3 Å². The number of alkyl halides is 1. The number of hydrogen-bond acceptors (Lipinski definition) is 3. The maximum Gasteiger partial charge on any atom is 0.239 e. The topological polar surface area (TPSA) is 56.2 Å². The van der Waals surface area contributed by atoms with Gasteiger partial charge in [0.25, 0.3) is 0 Å². The Kier molecular flexibility index (Phi) is 3.95. The maximum absolute atomic E-state index is 11.6. The molecule has 1 N–H and O–H groups in total. The van der Waals surface area contributed by atoms with Crippen LogP contribution < -0.4 is 10.1 Å². The summed E-state index contributed by atoms with van der Waals surface area (Å²) in [7, 11) is 3.20. The molecule has 6 heteroatoms. The van der Waals surface area contributed by atoms with Crippen molar-refractivity contribution in [3.63, 3.8) is 0 Å². The molecule has 0 aliphatic heterocycles. The number of rotatable bonds is 4. The van der Waals surface area contributed by atoms with Crippen LogP contribution in [0.5, 0.6) is 5.75 Å². The number of imidazole rings is 1. The molecule has 5 nitrogen and oxygen atoms in total. The van der Waals surface area contributed by atoms with Crippen molar-refractivity contribution < 1.29 is 9.53 Å². The van der Waals surface area contributed by atoms with Crippen molar-refractivity contribution in [2.24, 2.45) is 0 Å². The molecule has 102 valence electrons. The fourth-order valence-electron chi connectivity index (χ4n) is 2.00. The zero-order valence-electron chi connectivity index (χ0n) is 11.1. The van der Waals surface area contributed by atoms with Gasteiger partial charge in [0.05, 0.1) is 18.0 Å². The number of aromatic nitrogens is 2. The van der Waals surface area contributed by atoms with Gasteiger partial charge in [-0.15, -0.1) is 11.6 Å². The van der Waals surface area contributed by atoms with Crippen molar-refractivity contribution in [3.05, 3.63) is 24.0 Å². The van der Waals surface area contributed by atoms with Crippen LogP contribution in [0.2, 0.25) is 0 Å². The van der Waals surface area contributed by atoms with E-state index in [0.717, 1.165) is 11.0 Å². The van der Waals surface area contributed by atoms with Crippen LogP contribution in [-0.4, -0.2) is 29.6 Å². The minimum absolute atomic E-state index is 0.0966. The van der Waals surface area contributed by atoms with E-state index < -0.39 is 0 Å². The van der Waals surface area contributed by atoms with Crippen LogP contribution in [-0.2, 0) is 11.3 Å². The van der Waals surface area contributed by atoms with E-state index in [0.29, 0.717) is 11.6 Å². The van der Waals surface area contributed by atoms with E-state index >= 15 is 0 Å². The molecular formula is C13H16ClN3O2. The molecule has 0 radical (unpaired) electrons. The van der Waals surface area contributed by atoms with Gasteiger partial charge in [-0.1, -0.05) is 6.07 Å². The fraction of sp³-hybridized carbons (Fsp3) is 0.385. The van der Waals surface area contributed by atoms with Crippen molar-refractivity contribution in [2.45, 2.75) is 18.8 Å². The third kappa shape index (κ3) is 2.51. The number of benzene rings is 1. The number of halogens is 1. The highest BCUT2D eigenvalue weighted by Gasteiger charge is 2.18. The van der Waals surface area contributed by atoms with Crippen LogP contribution in [0.3, 0.4) is 0 Å². The van der Waals surface area contributed by atoms with Crippen LogP contribution in [0.1, 0.15) is 18.1 Å². The first-order chi connectivity index (χ1) is 9.08. The lowest BCUT2D eigenvalue weighted by atomic mass is 10.3. The molecule has 0 fully saturated rings. The largest absolute Gasteiger partial charge is 0.494 e. The van der Waals surface area contributed by atoms with E-state index in [2.05, 4.69) is 10.3 Å². The first kappa shape index (κ1) is 13.7. The number of fused-ring (bicyclic) bond motifs is 1. The maximum atomic E-state index is 11.6. The minimum atomic E-state index is -0.290. The SMILES string of the molecule is CNC(=O)Cn1c(C(C)Cl)nc2c(OC)cccc21. The van der Waals surface area contributed by atoms with Crippen LogP contribution in [0.25, 0.3) is 11.0 Å². The molecule has 1 aromatic heterocycles. The lowest BCUT2D eigenvalue weighted by Gasteiger charge is -2.09. The lowest BCUT2D eigenvalue weighted by Crippen LogP contribution is -2.24. The smallest absolute Gasteiger partial charge is 0.239 e. The summed E-state index contributed by atoms with van der Waals surface area (Å²) in [5.74, 6) is 1.23. The van der Waals surface area contributed by atoms with Crippen LogP contribution in [0.4, 0.5) is 0 Å². The molecule has 1 amide bonds. The fourth-order valence-corrected chi connectivity index (χ4v) is 2.16. The van der Waals surface area contributed by atoms with Crippen molar-refractivity contribution in [3.8, 4) is 5.75 Å². The number of methoxy groups -OCH3 is 1. The number of carbonyl (C=O) groups is 1. The number of likely N-dealkylation sites (N-methyl/N-ethyl adjacent to an activating group) is 1. The van der Waals surface area contributed by atoms with E-state index in [1.54, 1.807) is 14.2 Å². The Bertz CT molecular complexity index is 607. The second kappa shape index (κ2) is 5.48. The van der Waals surface area contributed by atoms with Crippen LogP contribution >= 0.6 is 11.6 Å². The molecule has 1 aromatic carbocycles. The summed E-state index contributed by atoms with van der Waals surface area (Å²) in [6, 6.07) is 5.60. The molecule has 0 bridgehead atoms. The number of nitrogens with zero attached hydrogens (tertiary/aromatic N) is 2. The molecule has 2 rings (SSSR count). The normalized spacial score (nSPS) is 12.4. The number of carbonyl (C=O) groups excluding carboxylic acids is 1. The van der Waals surface area contributed by atoms with Gasteiger partial charge >= 0.3 is 0 Å². The Labute approximate surface area is 116 Å². The van der Waals surface area contributed by atoms with Gasteiger partial charge in [0, 0.05) is 7.05 Å². The Morgan fingerprint density at radius 3 is 2.89 bits per heavy atom. The third-order valence-corrected chi connectivity index (χ3v) is 3.12. The zero-order chi connectivity index (χ0) is 14.0. The summed E-state index contributed by atoms with van der Waals surface area (Å²) >= 11 is 6.15. The molecule has 2 aromatic rings. The first-order valence-electron chi connectivity index (χ1n) is 5.96. The lowest BCUT2D eigenvalue weighted by molar-refractivity contribution is -0.121. The summed E-state index contributed by atoms with van der Waals surface area (Å²) in [5, 5.41) is 2.31. The first-order valence-corrected chi connectivity index (χ1v) is 6.40. The van der Waals surface area contributed by atoms with E-state index in [1.807, 2.05) is 29.7 Å². The van der Waals surface area contributed by atoms with Gasteiger partial charge in [-0.3, -0.25) is 4.79 Å². The summed E-state index contributed by atoms with van der Waals surface area (Å²) in [6.07, 6.45) is 0. The summed E-state index contributed by atoms with van der Waals surface area (Å²) < 4.78 is 7.10. The van der Waals surface area contributed by atoms with Gasteiger partial charge in [0.1, 0.15) is 23.6 Å². The third-order valence-electron chi connectivity index (χ3n) is 2.93. The Morgan fingerprint density at radius 2 is 2.32 bits per heavy atom. The van der Waals surface area contributed by atoms with Gasteiger partial charge in [0.2, 0.25) is 5.91 Å². The Hall–Kier alpha value is -1.75. The van der Waals surface area contributed by atoms with Gasteiger partial charge in [-0.05, 0) is 19.1 Å². The second-order valence-electron chi connectivity index (χ2n) is 4.17. The quantitative estimate of drug-likeness (QED) is 0.873. The number of ether oxygens (including phenoxy) is 1.